The van der Waals surface area contributed by atoms with Gasteiger partial charge in [0.25, 0.3) is 0 Å². The predicted octanol–water partition coefficient (Wildman–Crippen LogP) is 23.9. The lowest BCUT2D eigenvalue weighted by Gasteiger charge is -2.18. The average Bonchev–Trinajstić information content (AvgIpc) is 3.50. The maximum absolute atomic E-state index is 13.0. The van der Waals surface area contributed by atoms with Crippen molar-refractivity contribution in [3.63, 3.8) is 0 Å². The fourth-order valence-corrected chi connectivity index (χ4v) is 9.23. The second kappa shape index (κ2) is 69.8. The maximum Gasteiger partial charge on any atom is 0.306 e. The van der Waals surface area contributed by atoms with Crippen molar-refractivity contribution in [3.05, 3.63) is 146 Å². The standard InChI is InChI=1S/C77H126O6/c1-4-7-10-13-16-19-22-25-28-31-34-36-37-38-39-41-43-46-49-52-55-58-61-64-67-70-76(79)82-73-74(72-81-75(78)69-66-63-60-57-54-51-48-45-42-33-30-27-24-21-18-15-12-9-6-3)83-77(80)71-68-65-62-59-56-53-50-47-44-40-35-32-29-26-23-20-17-14-11-8-5-2/h7-8,10-11,16-17,19-20,25-30,34-36,38-40,43,46-47,50,74H,4-6,9,12-15,18,21-24,31-33,37,41-42,44-45,48-49,51-73H2,1-3H3/b10-7-,11-8-,19-16-,20-17-,28-25-,29-26-,30-27-,36-34-,39-38-,40-35-,46-43-,50-47-. The van der Waals surface area contributed by atoms with Crippen molar-refractivity contribution in [1.29, 1.82) is 0 Å². The molecule has 1 unspecified atom stereocenters. The average molecular weight is 1150 g/mol. The second-order valence-electron chi connectivity index (χ2n) is 22.3. The van der Waals surface area contributed by atoms with Crippen molar-refractivity contribution in [2.24, 2.45) is 0 Å². The van der Waals surface area contributed by atoms with E-state index in [1.54, 1.807) is 0 Å². The molecule has 6 nitrogen and oxygen atoms in total. The van der Waals surface area contributed by atoms with Crippen LogP contribution in [-0.4, -0.2) is 37.2 Å². The molecule has 6 heteroatoms. The van der Waals surface area contributed by atoms with Crippen LogP contribution in [0.15, 0.2) is 146 Å². The number of allylic oxidation sites excluding steroid dienone is 24. The van der Waals surface area contributed by atoms with Crippen LogP contribution in [0.2, 0.25) is 0 Å². The minimum Gasteiger partial charge on any atom is -0.462 e. The Morgan fingerprint density at radius 2 is 0.470 bits per heavy atom. The third kappa shape index (κ3) is 68.0. The Bertz CT molecular complexity index is 1800. The van der Waals surface area contributed by atoms with E-state index in [1.807, 2.05) is 0 Å². The Hall–Kier alpha value is -4.71. The van der Waals surface area contributed by atoms with Crippen LogP contribution in [0, 0.1) is 0 Å². The molecule has 0 N–H and O–H groups in total. The van der Waals surface area contributed by atoms with Crippen molar-refractivity contribution in [2.45, 2.75) is 309 Å². The number of rotatable bonds is 61. The van der Waals surface area contributed by atoms with Crippen molar-refractivity contribution >= 4 is 17.9 Å². The lowest BCUT2D eigenvalue weighted by atomic mass is 10.1. The first kappa shape index (κ1) is 78.3. The summed E-state index contributed by atoms with van der Waals surface area (Å²) < 4.78 is 17.0. The molecule has 470 valence electrons. The minimum atomic E-state index is -0.804. The van der Waals surface area contributed by atoms with Gasteiger partial charge in [-0.25, -0.2) is 0 Å². The third-order valence-corrected chi connectivity index (χ3v) is 14.3. The Morgan fingerprint density at radius 3 is 0.747 bits per heavy atom. The molecule has 83 heavy (non-hydrogen) atoms. The first-order valence-corrected chi connectivity index (χ1v) is 34.3. The lowest BCUT2D eigenvalue weighted by Crippen LogP contribution is -2.30. The van der Waals surface area contributed by atoms with Crippen molar-refractivity contribution in [1.82, 2.24) is 0 Å². The second-order valence-corrected chi connectivity index (χ2v) is 22.3. The molecule has 0 aromatic heterocycles. The largest absolute Gasteiger partial charge is 0.462 e. The summed E-state index contributed by atoms with van der Waals surface area (Å²) in [7, 11) is 0. The smallest absolute Gasteiger partial charge is 0.306 e. The van der Waals surface area contributed by atoms with Gasteiger partial charge in [0.2, 0.25) is 0 Å². The highest BCUT2D eigenvalue weighted by molar-refractivity contribution is 5.71. The number of hydrogen-bond acceptors (Lipinski definition) is 6. The van der Waals surface area contributed by atoms with E-state index in [9.17, 15) is 14.4 Å². The topological polar surface area (TPSA) is 78.9 Å². The van der Waals surface area contributed by atoms with Gasteiger partial charge in [0, 0.05) is 19.3 Å². The number of ether oxygens (including phenoxy) is 3. The number of carbonyl (C=O) groups is 3. The molecule has 0 bridgehead atoms. The van der Waals surface area contributed by atoms with Crippen LogP contribution in [0.4, 0.5) is 0 Å². The quantitative estimate of drug-likeness (QED) is 0.0261. The number of unbranched alkanes of at least 4 members (excludes halogenated alkanes) is 26. The van der Waals surface area contributed by atoms with E-state index >= 15 is 0 Å². The van der Waals surface area contributed by atoms with E-state index < -0.39 is 6.10 Å². The highest BCUT2D eigenvalue weighted by Crippen LogP contribution is 2.15. The Morgan fingerprint density at radius 1 is 0.253 bits per heavy atom. The number of carbonyl (C=O) groups excluding carboxylic acids is 3. The summed E-state index contributed by atoms with van der Waals surface area (Å²) in [5.74, 6) is -0.927. The summed E-state index contributed by atoms with van der Waals surface area (Å²) in [4.78, 5) is 38.5. The summed E-state index contributed by atoms with van der Waals surface area (Å²) >= 11 is 0. The lowest BCUT2D eigenvalue weighted by molar-refractivity contribution is -0.167. The van der Waals surface area contributed by atoms with Crippen molar-refractivity contribution in [3.8, 4) is 0 Å². The van der Waals surface area contributed by atoms with E-state index in [2.05, 4.69) is 167 Å². The zero-order chi connectivity index (χ0) is 59.9. The van der Waals surface area contributed by atoms with Gasteiger partial charge in [-0.1, -0.05) is 289 Å². The molecule has 0 fully saturated rings. The Kier molecular flexibility index (Phi) is 65.8. The van der Waals surface area contributed by atoms with Gasteiger partial charge >= 0.3 is 17.9 Å². The molecule has 0 radical (unpaired) electrons. The number of esters is 3. The summed E-state index contributed by atoms with van der Waals surface area (Å²) in [5, 5.41) is 0. The number of hydrogen-bond donors (Lipinski definition) is 0. The summed E-state index contributed by atoms with van der Waals surface area (Å²) in [6.07, 6.45) is 99.9. The van der Waals surface area contributed by atoms with E-state index in [-0.39, 0.29) is 31.1 Å². The molecule has 0 spiro atoms. The van der Waals surface area contributed by atoms with Gasteiger partial charge in [0.15, 0.2) is 6.10 Å². The van der Waals surface area contributed by atoms with Gasteiger partial charge in [0.1, 0.15) is 13.2 Å². The van der Waals surface area contributed by atoms with Crippen LogP contribution in [0.1, 0.15) is 303 Å². The molecule has 1 atom stereocenters. The van der Waals surface area contributed by atoms with Crippen LogP contribution in [0.25, 0.3) is 0 Å². The van der Waals surface area contributed by atoms with Crippen LogP contribution in [-0.2, 0) is 28.6 Å². The van der Waals surface area contributed by atoms with Gasteiger partial charge in [-0.3, -0.25) is 14.4 Å². The van der Waals surface area contributed by atoms with E-state index in [0.29, 0.717) is 19.3 Å². The molecule has 0 aliphatic rings. The molecule has 0 aliphatic heterocycles. The van der Waals surface area contributed by atoms with E-state index in [4.69, 9.17) is 14.2 Å². The van der Waals surface area contributed by atoms with Gasteiger partial charge < -0.3 is 14.2 Å². The van der Waals surface area contributed by atoms with Crippen LogP contribution < -0.4 is 0 Å². The predicted molar refractivity (Wildman–Crippen MR) is 362 cm³/mol. The summed E-state index contributed by atoms with van der Waals surface area (Å²) in [6.45, 7) is 6.40. The highest BCUT2D eigenvalue weighted by atomic mass is 16.6. The molecule has 0 saturated heterocycles. The summed E-state index contributed by atoms with van der Waals surface area (Å²) in [5.41, 5.74) is 0. The van der Waals surface area contributed by atoms with E-state index in [1.165, 1.54) is 103 Å². The monoisotopic (exact) mass is 1150 g/mol. The molecule has 0 aromatic rings. The van der Waals surface area contributed by atoms with Crippen LogP contribution in [0.5, 0.6) is 0 Å². The highest BCUT2D eigenvalue weighted by Gasteiger charge is 2.19. The Labute approximate surface area is 512 Å². The first-order valence-electron chi connectivity index (χ1n) is 34.3. The minimum absolute atomic E-state index is 0.0961. The zero-order valence-corrected chi connectivity index (χ0v) is 53.9. The SMILES string of the molecule is CC/C=C\C/C=C\C/C=C\C/C=C\C/C=C\C/C=C\CCCCCCCCC(=O)OCC(COC(=O)CCCCCCCCCCC/C=C\CCCCCCCC)OC(=O)CCCCCCC/C=C\C/C=C\C/C=C\C/C=C\C/C=C\CC. The first-order chi connectivity index (χ1) is 41.0. The van der Waals surface area contributed by atoms with Gasteiger partial charge in [-0.05, 0) is 141 Å². The van der Waals surface area contributed by atoms with Crippen molar-refractivity contribution < 1.29 is 28.6 Å². The zero-order valence-electron chi connectivity index (χ0n) is 53.9. The normalized spacial score (nSPS) is 13.0. The molecular weight excluding hydrogens is 1020 g/mol. The fraction of sp³-hybridized carbons (Fsp3) is 0.649. The van der Waals surface area contributed by atoms with Gasteiger partial charge in [-0.15, -0.1) is 0 Å². The molecule has 0 heterocycles. The molecule has 0 amide bonds. The molecular formula is C77H126O6. The van der Waals surface area contributed by atoms with Gasteiger partial charge in [0.05, 0.1) is 0 Å². The van der Waals surface area contributed by atoms with Gasteiger partial charge in [-0.2, -0.15) is 0 Å². The summed E-state index contributed by atoms with van der Waals surface area (Å²) in [6, 6.07) is 0. The molecule has 0 rings (SSSR count). The Balaban J connectivity index is 4.48. The third-order valence-electron chi connectivity index (χ3n) is 14.3. The molecule has 0 aromatic carbocycles. The van der Waals surface area contributed by atoms with Crippen LogP contribution in [0.3, 0.4) is 0 Å². The molecule has 0 saturated carbocycles. The van der Waals surface area contributed by atoms with Crippen molar-refractivity contribution in [2.75, 3.05) is 13.2 Å². The molecule has 0 aliphatic carbocycles. The van der Waals surface area contributed by atoms with Crippen LogP contribution >= 0.6 is 0 Å². The van der Waals surface area contributed by atoms with E-state index in [0.717, 1.165) is 161 Å². The fourth-order valence-electron chi connectivity index (χ4n) is 9.23. The maximum atomic E-state index is 13.0.